The van der Waals surface area contributed by atoms with Gasteiger partial charge in [0.1, 0.15) is 0 Å². The lowest BCUT2D eigenvalue weighted by Crippen LogP contribution is -1.93. The van der Waals surface area contributed by atoms with Crippen molar-refractivity contribution >= 4 is 11.4 Å². The number of hydrogen-bond acceptors (Lipinski definition) is 3. The number of nitrogen functional groups attached to an aromatic ring is 1. The molecule has 1 rings (SSSR count). The smallest absolute Gasteiger partial charge is 0.270 e. The van der Waals surface area contributed by atoms with E-state index in [1.807, 2.05) is 0 Å². The molecule has 0 atom stereocenters. The van der Waals surface area contributed by atoms with E-state index in [-0.39, 0.29) is 5.69 Å². The first-order valence-corrected chi connectivity index (χ1v) is 7.18. The average Bonchev–Trinajstić information content (AvgIpc) is 2.43. The molecule has 0 fully saturated rings. The Morgan fingerprint density at radius 3 is 2.60 bits per heavy atom. The van der Waals surface area contributed by atoms with Crippen LogP contribution in [0.25, 0.3) is 0 Å². The summed E-state index contributed by atoms with van der Waals surface area (Å²) in [5.74, 6) is 5.98. The van der Waals surface area contributed by atoms with E-state index in [4.69, 9.17) is 5.73 Å². The number of rotatable bonds is 7. The van der Waals surface area contributed by atoms with E-state index in [2.05, 4.69) is 18.8 Å². The molecule has 0 aliphatic carbocycles. The first-order chi connectivity index (χ1) is 9.65. The van der Waals surface area contributed by atoms with Crippen LogP contribution >= 0.6 is 0 Å². The number of hydrogen-bond donors (Lipinski definition) is 1. The molecular weight excluding hydrogens is 252 g/mol. The number of unbranched alkanes of at least 4 members (excludes halogenated alkanes) is 6. The van der Waals surface area contributed by atoms with Gasteiger partial charge in [-0.15, -0.1) is 0 Å². The molecule has 0 amide bonds. The maximum Gasteiger partial charge on any atom is 0.270 e. The molecule has 108 valence electrons. The molecule has 1 aromatic carbocycles. The average molecular weight is 274 g/mol. The summed E-state index contributed by atoms with van der Waals surface area (Å²) in [7, 11) is 0. The topological polar surface area (TPSA) is 69.2 Å². The maximum absolute atomic E-state index is 10.7. The first kappa shape index (κ1) is 16.0. The van der Waals surface area contributed by atoms with Crippen LogP contribution in [-0.2, 0) is 0 Å². The van der Waals surface area contributed by atoms with Gasteiger partial charge in [-0.25, -0.2) is 0 Å². The van der Waals surface area contributed by atoms with Gasteiger partial charge >= 0.3 is 0 Å². The van der Waals surface area contributed by atoms with Gasteiger partial charge in [-0.2, -0.15) is 0 Å². The molecule has 2 N–H and O–H groups in total. The molecule has 0 unspecified atom stereocenters. The van der Waals surface area contributed by atoms with Gasteiger partial charge in [0.2, 0.25) is 0 Å². The third kappa shape index (κ3) is 5.75. The van der Waals surface area contributed by atoms with Gasteiger partial charge in [-0.3, -0.25) is 10.1 Å². The van der Waals surface area contributed by atoms with E-state index in [9.17, 15) is 10.1 Å². The summed E-state index contributed by atoms with van der Waals surface area (Å²) in [4.78, 5) is 10.3. The Morgan fingerprint density at radius 2 is 1.90 bits per heavy atom. The van der Waals surface area contributed by atoms with Crippen molar-refractivity contribution < 1.29 is 4.92 Å². The van der Waals surface area contributed by atoms with Crippen molar-refractivity contribution in [2.75, 3.05) is 5.73 Å². The zero-order valence-electron chi connectivity index (χ0n) is 12.0. The molecule has 0 heterocycles. The Kier molecular flexibility index (Phi) is 7.20. The fraction of sp³-hybridized carbons (Fsp3) is 0.500. The second-order valence-electron chi connectivity index (χ2n) is 4.85. The van der Waals surface area contributed by atoms with Gasteiger partial charge in [0.15, 0.2) is 0 Å². The third-order valence-corrected chi connectivity index (χ3v) is 3.13. The Hall–Kier alpha value is -2.02. The lowest BCUT2D eigenvalue weighted by molar-refractivity contribution is -0.384. The predicted molar refractivity (Wildman–Crippen MR) is 82.4 cm³/mol. The molecule has 0 saturated heterocycles. The summed E-state index contributed by atoms with van der Waals surface area (Å²) >= 11 is 0. The highest BCUT2D eigenvalue weighted by Gasteiger charge is 2.07. The van der Waals surface area contributed by atoms with E-state index < -0.39 is 4.92 Å². The lowest BCUT2D eigenvalue weighted by atomic mass is 10.1. The summed E-state index contributed by atoms with van der Waals surface area (Å²) < 4.78 is 0. The second kappa shape index (κ2) is 8.98. The zero-order valence-corrected chi connectivity index (χ0v) is 12.0. The summed E-state index contributed by atoms with van der Waals surface area (Å²) in [5, 5.41) is 10.7. The molecule has 4 heteroatoms. The van der Waals surface area contributed by atoms with Crippen LogP contribution in [0, 0.1) is 22.0 Å². The standard InChI is InChI=1S/C16H22N2O2/c1-2-3-4-5-6-7-8-9-10-14-13-15(18(19)20)11-12-16(14)17/h11-13H,2-8,17H2,1H3. The largest absolute Gasteiger partial charge is 0.398 e. The van der Waals surface area contributed by atoms with Crippen LogP contribution in [0.15, 0.2) is 18.2 Å². The van der Waals surface area contributed by atoms with Crippen molar-refractivity contribution in [1.29, 1.82) is 0 Å². The minimum absolute atomic E-state index is 0.0306. The van der Waals surface area contributed by atoms with Crippen molar-refractivity contribution in [1.82, 2.24) is 0 Å². The number of anilines is 1. The molecule has 20 heavy (non-hydrogen) atoms. The second-order valence-corrected chi connectivity index (χ2v) is 4.85. The van der Waals surface area contributed by atoms with Crippen LogP contribution in [-0.4, -0.2) is 4.92 Å². The monoisotopic (exact) mass is 274 g/mol. The first-order valence-electron chi connectivity index (χ1n) is 7.18. The lowest BCUT2D eigenvalue weighted by Gasteiger charge is -1.98. The summed E-state index contributed by atoms with van der Waals surface area (Å²) in [6.45, 7) is 2.20. The number of nitrogens with zero attached hydrogens (tertiary/aromatic N) is 1. The molecule has 0 spiro atoms. The number of nitro benzene ring substituents is 1. The molecule has 0 aliphatic heterocycles. The Labute approximate surface area is 120 Å². The fourth-order valence-corrected chi connectivity index (χ4v) is 1.92. The number of nitrogens with two attached hydrogens (primary N) is 1. The minimum Gasteiger partial charge on any atom is -0.398 e. The van der Waals surface area contributed by atoms with Crippen LogP contribution in [0.4, 0.5) is 11.4 Å². The third-order valence-electron chi connectivity index (χ3n) is 3.13. The highest BCUT2D eigenvalue weighted by molar-refractivity contribution is 5.59. The van der Waals surface area contributed by atoms with Gasteiger partial charge in [0.05, 0.1) is 10.5 Å². The van der Waals surface area contributed by atoms with Crippen LogP contribution in [0.2, 0.25) is 0 Å². The summed E-state index contributed by atoms with van der Waals surface area (Å²) in [6, 6.07) is 4.37. The van der Waals surface area contributed by atoms with Gasteiger partial charge < -0.3 is 5.73 Å². The minimum atomic E-state index is -0.432. The van der Waals surface area contributed by atoms with Crippen LogP contribution in [0.1, 0.15) is 57.4 Å². The van der Waals surface area contributed by atoms with Gasteiger partial charge in [0.25, 0.3) is 5.69 Å². The van der Waals surface area contributed by atoms with E-state index >= 15 is 0 Å². The van der Waals surface area contributed by atoms with E-state index in [0.29, 0.717) is 11.3 Å². The SMILES string of the molecule is CCCCCCCCC#Cc1cc([N+](=O)[O-])ccc1N. The molecule has 0 aromatic heterocycles. The summed E-state index contributed by atoms with van der Waals surface area (Å²) in [5.41, 5.74) is 6.83. The van der Waals surface area contributed by atoms with Crippen molar-refractivity contribution in [2.45, 2.75) is 51.9 Å². The predicted octanol–water partition coefficient (Wildman–Crippen LogP) is 4.28. The van der Waals surface area contributed by atoms with Crippen molar-refractivity contribution in [2.24, 2.45) is 0 Å². The highest BCUT2D eigenvalue weighted by Crippen LogP contribution is 2.18. The molecular formula is C16H22N2O2. The molecule has 1 aromatic rings. The molecule has 0 aliphatic rings. The van der Waals surface area contributed by atoms with Crippen LogP contribution in [0.5, 0.6) is 0 Å². The van der Waals surface area contributed by atoms with Gasteiger partial charge in [-0.05, 0) is 12.5 Å². The van der Waals surface area contributed by atoms with Crippen molar-refractivity contribution in [3.8, 4) is 11.8 Å². The zero-order chi connectivity index (χ0) is 14.8. The molecule has 0 saturated carbocycles. The maximum atomic E-state index is 10.7. The van der Waals surface area contributed by atoms with Crippen molar-refractivity contribution in [3.63, 3.8) is 0 Å². The van der Waals surface area contributed by atoms with Crippen LogP contribution < -0.4 is 5.73 Å². The normalized spacial score (nSPS) is 9.85. The molecule has 0 bridgehead atoms. The summed E-state index contributed by atoms with van der Waals surface area (Å²) in [6.07, 6.45) is 8.19. The Balaban J connectivity index is 2.43. The fourth-order valence-electron chi connectivity index (χ4n) is 1.92. The number of non-ortho nitro benzene ring substituents is 1. The van der Waals surface area contributed by atoms with E-state index in [1.54, 1.807) is 0 Å². The van der Waals surface area contributed by atoms with Crippen LogP contribution in [0.3, 0.4) is 0 Å². The van der Waals surface area contributed by atoms with E-state index in [0.717, 1.165) is 12.8 Å². The highest BCUT2D eigenvalue weighted by atomic mass is 16.6. The van der Waals surface area contributed by atoms with Gasteiger partial charge in [0, 0.05) is 24.2 Å². The van der Waals surface area contributed by atoms with Gasteiger partial charge in [-0.1, -0.05) is 50.9 Å². The Bertz CT molecular complexity index is 501. The molecule has 0 radical (unpaired) electrons. The molecule has 4 nitrogen and oxygen atoms in total. The van der Waals surface area contributed by atoms with Crippen molar-refractivity contribution in [3.05, 3.63) is 33.9 Å². The quantitative estimate of drug-likeness (QED) is 0.265. The number of benzene rings is 1. The Morgan fingerprint density at radius 1 is 1.20 bits per heavy atom. The van der Waals surface area contributed by atoms with E-state index in [1.165, 1.54) is 50.3 Å². The number of nitro groups is 1.